The molecule has 2 aliphatic heterocycles. The Labute approximate surface area is 237 Å². The van der Waals surface area contributed by atoms with Crippen LogP contribution in [-0.4, -0.2) is 60.9 Å². The monoisotopic (exact) mass is 591 g/mol. The highest BCUT2D eigenvalue weighted by Crippen LogP contribution is 2.34. The average Bonchev–Trinajstić information content (AvgIpc) is 3.14. The predicted molar refractivity (Wildman–Crippen MR) is 147 cm³/mol. The van der Waals surface area contributed by atoms with Crippen molar-refractivity contribution < 1.29 is 37.1 Å². The standard InChI is InChI=1S/C27H29F4N7O4/c1-14-2-3-15(8-19(14)27(29,30)31)20(11-24(40)41)36-23(39)13-33-25(42)16-9-21(18-5-7-35-38-22(18)10-16)37-26-32-6-4-17(28)12-34-26/h2-3,7-10,17,20,38H,4-6,11-13H2,1H3,(H,33,42)(H,36,39)(H,40,41)(H2,32,34,37). The van der Waals surface area contributed by atoms with E-state index in [1.807, 2.05) is 0 Å². The maximum Gasteiger partial charge on any atom is 0.416 e. The van der Waals surface area contributed by atoms with E-state index in [9.17, 15) is 37.1 Å². The summed E-state index contributed by atoms with van der Waals surface area (Å²) in [4.78, 5) is 41.4. The number of nitrogens with zero attached hydrogens (tertiary/aromatic N) is 2. The number of aliphatic carboxylic acids is 1. The summed E-state index contributed by atoms with van der Waals surface area (Å²) in [5, 5.41) is 24.1. The number of hydrogen-bond donors (Lipinski definition) is 6. The van der Waals surface area contributed by atoms with Crippen molar-refractivity contribution in [3.05, 3.63) is 58.1 Å². The number of fused-ring (bicyclic) bond motifs is 1. The molecule has 2 aliphatic rings. The van der Waals surface area contributed by atoms with E-state index in [4.69, 9.17) is 0 Å². The summed E-state index contributed by atoms with van der Waals surface area (Å²) in [5.41, 5.74) is 3.73. The van der Waals surface area contributed by atoms with E-state index in [0.717, 1.165) is 11.6 Å². The summed E-state index contributed by atoms with van der Waals surface area (Å²) in [7, 11) is 0. The van der Waals surface area contributed by atoms with Gasteiger partial charge < -0.3 is 26.4 Å². The van der Waals surface area contributed by atoms with Crippen LogP contribution in [0.1, 0.15) is 51.5 Å². The molecule has 2 unspecified atom stereocenters. The molecule has 11 nitrogen and oxygen atoms in total. The molecule has 42 heavy (non-hydrogen) atoms. The van der Waals surface area contributed by atoms with Crippen LogP contribution in [-0.2, 0) is 22.2 Å². The lowest BCUT2D eigenvalue weighted by Crippen LogP contribution is -2.39. The highest BCUT2D eigenvalue weighted by Gasteiger charge is 2.33. The van der Waals surface area contributed by atoms with Crippen molar-refractivity contribution in [1.82, 2.24) is 16.0 Å². The molecule has 224 valence electrons. The Morgan fingerprint density at radius 3 is 2.71 bits per heavy atom. The molecule has 0 saturated heterocycles. The smallest absolute Gasteiger partial charge is 0.416 e. The second kappa shape index (κ2) is 12.9. The zero-order valence-electron chi connectivity index (χ0n) is 22.4. The molecule has 0 aliphatic carbocycles. The molecule has 0 fully saturated rings. The van der Waals surface area contributed by atoms with Gasteiger partial charge in [0.05, 0.1) is 30.3 Å². The van der Waals surface area contributed by atoms with Crippen LogP contribution in [0.5, 0.6) is 0 Å². The fraction of sp³-hybridized carbons (Fsp3) is 0.370. The number of carboxylic acids is 1. The van der Waals surface area contributed by atoms with Gasteiger partial charge in [0.1, 0.15) is 6.17 Å². The molecule has 6 N–H and O–H groups in total. The van der Waals surface area contributed by atoms with Crippen molar-refractivity contribution in [2.75, 3.05) is 30.4 Å². The molecule has 0 spiro atoms. The van der Waals surface area contributed by atoms with Crippen LogP contribution >= 0.6 is 0 Å². The normalized spacial score (nSPS) is 17.0. The van der Waals surface area contributed by atoms with Crippen LogP contribution < -0.4 is 26.7 Å². The van der Waals surface area contributed by atoms with Crippen molar-refractivity contribution in [2.45, 2.75) is 44.6 Å². The molecule has 2 heterocycles. The third-order valence-electron chi connectivity index (χ3n) is 6.63. The van der Waals surface area contributed by atoms with E-state index in [-0.39, 0.29) is 36.2 Å². The number of nitrogens with one attached hydrogen (secondary N) is 5. The second-order valence-electron chi connectivity index (χ2n) is 9.77. The number of halogens is 4. The number of hydrogen-bond acceptors (Lipinski definition) is 8. The molecular formula is C27H29F4N7O4. The highest BCUT2D eigenvalue weighted by molar-refractivity contribution is 6.02. The molecule has 15 heteroatoms. The van der Waals surface area contributed by atoms with Gasteiger partial charge in [-0.1, -0.05) is 12.1 Å². The number of rotatable bonds is 8. The van der Waals surface area contributed by atoms with Crippen LogP contribution in [0.4, 0.5) is 28.9 Å². The summed E-state index contributed by atoms with van der Waals surface area (Å²) in [6, 6.07) is 5.12. The van der Waals surface area contributed by atoms with E-state index < -0.39 is 54.7 Å². The van der Waals surface area contributed by atoms with Crippen LogP contribution in [0.25, 0.3) is 0 Å². The Hall–Kier alpha value is -4.69. The number of carbonyl (C=O) groups excluding carboxylic acids is 2. The molecule has 0 aromatic heterocycles. The summed E-state index contributed by atoms with van der Waals surface area (Å²) < 4.78 is 53.9. The third-order valence-corrected chi connectivity index (χ3v) is 6.63. The number of aliphatic imine (C=N–C) groups is 1. The van der Waals surface area contributed by atoms with Crippen molar-refractivity contribution in [2.24, 2.45) is 10.1 Å². The van der Waals surface area contributed by atoms with Crippen molar-refractivity contribution in [1.29, 1.82) is 0 Å². The first-order chi connectivity index (χ1) is 19.9. The van der Waals surface area contributed by atoms with Gasteiger partial charge in [0.15, 0.2) is 5.96 Å². The van der Waals surface area contributed by atoms with Crippen LogP contribution in [0.2, 0.25) is 0 Å². The topological polar surface area (TPSA) is 156 Å². The summed E-state index contributed by atoms with van der Waals surface area (Å²) in [6.07, 6.45) is -4.04. The number of hydrazone groups is 1. The molecule has 0 radical (unpaired) electrons. The van der Waals surface area contributed by atoms with Crippen LogP contribution in [0, 0.1) is 6.92 Å². The van der Waals surface area contributed by atoms with Gasteiger partial charge in [0.25, 0.3) is 5.91 Å². The van der Waals surface area contributed by atoms with Crippen molar-refractivity contribution in [3.8, 4) is 0 Å². The van der Waals surface area contributed by atoms with Gasteiger partial charge >= 0.3 is 12.1 Å². The molecule has 0 saturated carbocycles. The maximum absolute atomic E-state index is 13.7. The van der Waals surface area contributed by atoms with Crippen molar-refractivity contribution in [3.63, 3.8) is 0 Å². The van der Waals surface area contributed by atoms with E-state index in [1.54, 1.807) is 6.21 Å². The summed E-state index contributed by atoms with van der Waals surface area (Å²) in [5.74, 6) is -2.46. The number of alkyl halides is 4. The molecule has 2 aromatic carbocycles. The van der Waals surface area contributed by atoms with Gasteiger partial charge in [0, 0.05) is 42.5 Å². The van der Waals surface area contributed by atoms with Gasteiger partial charge in [-0.15, -0.1) is 0 Å². The van der Waals surface area contributed by atoms with E-state index in [2.05, 4.69) is 36.8 Å². The SMILES string of the molecule is Cc1ccc(C(CC(=O)O)NC(=O)CNC(=O)c2cc3c(c(NC4=NCCC(F)CN4)c2)CC=NN3)cc1C(F)(F)F. The first-order valence-electron chi connectivity index (χ1n) is 13.0. The number of benzene rings is 2. The first-order valence-corrected chi connectivity index (χ1v) is 13.0. The zero-order valence-corrected chi connectivity index (χ0v) is 22.4. The first kappa shape index (κ1) is 30.3. The lowest BCUT2D eigenvalue weighted by molar-refractivity contribution is -0.138. The zero-order chi connectivity index (χ0) is 30.4. The Morgan fingerprint density at radius 2 is 1.98 bits per heavy atom. The minimum atomic E-state index is -4.66. The van der Waals surface area contributed by atoms with E-state index >= 15 is 0 Å². The summed E-state index contributed by atoms with van der Waals surface area (Å²) >= 11 is 0. The predicted octanol–water partition coefficient (Wildman–Crippen LogP) is 3.13. The largest absolute Gasteiger partial charge is 0.481 e. The van der Waals surface area contributed by atoms with Gasteiger partial charge in [0.2, 0.25) is 5.91 Å². The molecular weight excluding hydrogens is 562 g/mol. The van der Waals surface area contributed by atoms with E-state index in [0.29, 0.717) is 23.8 Å². The number of carbonyl (C=O) groups is 3. The van der Waals surface area contributed by atoms with Crippen molar-refractivity contribution >= 4 is 41.3 Å². The number of carboxylic acid groups (broad SMARTS) is 1. The number of aryl methyl sites for hydroxylation is 1. The van der Waals surface area contributed by atoms with Gasteiger partial charge in [-0.3, -0.25) is 24.8 Å². The number of anilines is 2. The van der Waals surface area contributed by atoms with Gasteiger partial charge in [-0.25, -0.2) is 4.39 Å². The minimum Gasteiger partial charge on any atom is -0.481 e. The number of amides is 2. The fourth-order valence-electron chi connectivity index (χ4n) is 4.48. The second-order valence-corrected chi connectivity index (χ2v) is 9.77. The fourth-order valence-corrected chi connectivity index (χ4v) is 4.48. The van der Waals surface area contributed by atoms with Crippen LogP contribution in [0.3, 0.4) is 0 Å². The lowest BCUT2D eigenvalue weighted by atomic mass is 9.98. The lowest BCUT2D eigenvalue weighted by Gasteiger charge is -2.21. The Kier molecular flexibility index (Phi) is 9.28. The highest BCUT2D eigenvalue weighted by atomic mass is 19.4. The van der Waals surface area contributed by atoms with E-state index in [1.165, 1.54) is 31.2 Å². The summed E-state index contributed by atoms with van der Waals surface area (Å²) in [6.45, 7) is 1.05. The Bertz CT molecular complexity index is 1430. The Morgan fingerprint density at radius 1 is 1.19 bits per heavy atom. The molecule has 4 rings (SSSR count). The Balaban J connectivity index is 1.47. The third kappa shape index (κ3) is 7.73. The quantitative estimate of drug-likeness (QED) is 0.258. The minimum absolute atomic E-state index is 0.0406. The average molecular weight is 592 g/mol. The molecule has 2 atom stereocenters. The van der Waals surface area contributed by atoms with Crippen LogP contribution in [0.15, 0.2) is 40.4 Å². The molecule has 2 aromatic rings. The van der Waals surface area contributed by atoms with Gasteiger partial charge in [-0.05, 0) is 42.7 Å². The maximum atomic E-state index is 13.7. The van der Waals surface area contributed by atoms with Gasteiger partial charge in [-0.2, -0.15) is 18.3 Å². The molecule has 2 amide bonds. The molecule has 0 bridgehead atoms. The number of guanidine groups is 1.